The van der Waals surface area contributed by atoms with Crippen LogP contribution in [0.5, 0.6) is 0 Å². The highest BCUT2D eigenvalue weighted by molar-refractivity contribution is 5.94. The lowest BCUT2D eigenvalue weighted by molar-refractivity contribution is 0.0827. The van der Waals surface area contributed by atoms with Crippen molar-refractivity contribution in [3.63, 3.8) is 0 Å². The Kier molecular flexibility index (Phi) is 5.36. The first-order chi connectivity index (χ1) is 13.0. The standard InChI is InChI=1S/C22H25N3O2/c1-5-25-20-13-11-17(27-4)10-12-18(20)19(14-23)21(25)15-6-8-16(9-7-15)22(26)24(2)3/h6-12,18,20H,5,13H2,1-4H3. The molecule has 5 nitrogen and oxygen atoms in total. The molecular weight excluding hydrogens is 338 g/mol. The van der Waals surface area contributed by atoms with Crippen LogP contribution in [0, 0.1) is 17.2 Å². The normalized spacial score (nSPS) is 21.3. The largest absolute Gasteiger partial charge is 0.497 e. The fourth-order valence-electron chi connectivity index (χ4n) is 3.89. The number of fused-ring (bicyclic) bond motifs is 1. The van der Waals surface area contributed by atoms with Gasteiger partial charge in [-0.2, -0.15) is 5.26 Å². The van der Waals surface area contributed by atoms with Gasteiger partial charge in [-0.05, 0) is 43.2 Å². The highest BCUT2D eigenvalue weighted by atomic mass is 16.5. The number of hydrogen-bond donors (Lipinski definition) is 0. The second-order valence-corrected chi connectivity index (χ2v) is 6.94. The monoisotopic (exact) mass is 363 g/mol. The van der Waals surface area contributed by atoms with E-state index in [1.165, 1.54) is 0 Å². The number of methoxy groups -OCH3 is 1. The van der Waals surface area contributed by atoms with Gasteiger partial charge in [0.25, 0.3) is 5.91 Å². The van der Waals surface area contributed by atoms with Crippen molar-refractivity contribution in [1.29, 1.82) is 5.26 Å². The number of nitrogens with zero attached hydrogens (tertiary/aromatic N) is 3. The molecule has 2 atom stereocenters. The van der Waals surface area contributed by atoms with Gasteiger partial charge in [0.15, 0.2) is 0 Å². The van der Waals surface area contributed by atoms with Crippen LogP contribution < -0.4 is 0 Å². The van der Waals surface area contributed by atoms with Crippen LogP contribution in [0.3, 0.4) is 0 Å². The molecule has 1 aromatic carbocycles. The topological polar surface area (TPSA) is 56.6 Å². The van der Waals surface area contributed by atoms with Gasteiger partial charge in [0.2, 0.25) is 0 Å². The maximum atomic E-state index is 12.1. The number of nitriles is 1. The van der Waals surface area contributed by atoms with Crippen LogP contribution in [-0.4, -0.2) is 49.5 Å². The molecule has 0 N–H and O–H groups in total. The van der Waals surface area contributed by atoms with Gasteiger partial charge < -0.3 is 14.5 Å². The number of hydrogen-bond acceptors (Lipinski definition) is 4. The Labute approximate surface area is 160 Å². The number of carbonyl (C=O) groups is 1. The minimum atomic E-state index is -0.0277. The summed E-state index contributed by atoms with van der Waals surface area (Å²) in [5.41, 5.74) is 3.36. The predicted molar refractivity (Wildman–Crippen MR) is 105 cm³/mol. The van der Waals surface area contributed by atoms with Gasteiger partial charge in [0, 0.05) is 38.2 Å². The second kappa shape index (κ2) is 7.71. The lowest BCUT2D eigenvalue weighted by Gasteiger charge is -2.29. The van der Waals surface area contributed by atoms with Crippen molar-refractivity contribution in [3.8, 4) is 6.07 Å². The van der Waals surface area contributed by atoms with E-state index >= 15 is 0 Å². The average molecular weight is 363 g/mol. The molecule has 0 fully saturated rings. The summed E-state index contributed by atoms with van der Waals surface area (Å²) >= 11 is 0. The van der Waals surface area contributed by atoms with E-state index in [2.05, 4.69) is 30.0 Å². The minimum Gasteiger partial charge on any atom is -0.497 e. The first kappa shape index (κ1) is 18.8. The van der Waals surface area contributed by atoms with Crippen LogP contribution in [0.15, 0.2) is 53.8 Å². The first-order valence-corrected chi connectivity index (χ1v) is 9.17. The maximum absolute atomic E-state index is 12.1. The molecule has 0 spiro atoms. The van der Waals surface area contributed by atoms with Gasteiger partial charge in [0.05, 0.1) is 24.4 Å². The molecule has 140 valence electrons. The van der Waals surface area contributed by atoms with Crippen molar-refractivity contribution in [2.45, 2.75) is 19.4 Å². The summed E-state index contributed by atoms with van der Waals surface area (Å²) in [6, 6.07) is 10.2. The van der Waals surface area contributed by atoms with Crippen molar-refractivity contribution >= 4 is 11.6 Å². The zero-order valence-electron chi connectivity index (χ0n) is 16.3. The number of ether oxygens (including phenoxy) is 1. The van der Waals surface area contributed by atoms with Crippen molar-refractivity contribution in [3.05, 3.63) is 65.0 Å². The molecule has 1 heterocycles. The molecule has 2 unspecified atom stereocenters. The number of benzene rings is 1. The van der Waals surface area contributed by atoms with E-state index in [9.17, 15) is 10.1 Å². The summed E-state index contributed by atoms with van der Waals surface area (Å²) in [6.07, 6.45) is 6.93. The van der Waals surface area contributed by atoms with Crippen molar-refractivity contribution in [1.82, 2.24) is 9.80 Å². The lowest BCUT2D eigenvalue weighted by Crippen LogP contribution is -2.32. The van der Waals surface area contributed by atoms with E-state index < -0.39 is 0 Å². The highest BCUT2D eigenvalue weighted by Gasteiger charge is 2.39. The fraction of sp³-hybridized carbons (Fsp3) is 0.364. The molecule has 3 rings (SSSR count). The predicted octanol–water partition coefficient (Wildman–Crippen LogP) is 3.43. The van der Waals surface area contributed by atoms with E-state index in [-0.39, 0.29) is 17.9 Å². The van der Waals surface area contributed by atoms with Crippen LogP contribution in [-0.2, 0) is 4.74 Å². The molecule has 1 aliphatic heterocycles. The Bertz CT molecular complexity index is 857. The van der Waals surface area contributed by atoms with E-state index in [1.54, 1.807) is 26.1 Å². The smallest absolute Gasteiger partial charge is 0.253 e. The molecule has 1 aliphatic carbocycles. The summed E-state index contributed by atoms with van der Waals surface area (Å²) in [7, 11) is 5.15. The van der Waals surface area contributed by atoms with Crippen LogP contribution in [0.25, 0.3) is 5.70 Å². The highest BCUT2D eigenvalue weighted by Crippen LogP contribution is 2.42. The summed E-state index contributed by atoms with van der Waals surface area (Å²) in [5.74, 6) is 0.850. The third-order valence-corrected chi connectivity index (χ3v) is 5.23. The van der Waals surface area contributed by atoms with Crippen LogP contribution >= 0.6 is 0 Å². The molecule has 0 bridgehead atoms. The van der Waals surface area contributed by atoms with Gasteiger partial charge in [-0.15, -0.1) is 0 Å². The number of carbonyl (C=O) groups excluding carboxylic acids is 1. The van der Waals surface area contributed by atoms with Crippen molar-refractivity contribution in [2.75, 3.05) is 27.7 Å². The van der Waals surface area contributed by atoms with Crippen LogP contribution in [0.1, 0.15) is 29.3 Å². The number of allylic oxidation sites excluding steroid dienone is 1. The molecule has 1 aromatic rings. The summed E-state index contributed by atoms with van der Waals surface area (Å²) in [6.45, 7) is 2.92. The summed E-state index contributed by atoms with van der Waals surface area (Å²) < 4.78 is 5.36. The van der Waals surface area contributed by atoms with Crippen molar-refractivity contribution < 1.29 is 9.53 Å². The summed E-state index contributed by atoms with van der Waals surface area (Å²) in [4.78, 5) is 16.0. The van der Waals surface area contributed by atoms with E-state index in [4.69, 9.17) is 4.74 Å². The van der Waals surface area contributed by atoms with Gasteiger partial charge in [-0.1, -0.05) is 18.2 Å². The first-order valence-electron chi connectivity index (χ1n) is 9.17. The van der Waals surface area contributed by atoms with E-state index in [1.807, 2.05) is 30.3 Å². The third kappa shape index (κ3) is 3.35. The zero-order valence-corrected chi connectivity index (χ0v) is 16.3. The molecule has 2 aliphatic rings. The molecular formula is C22H25N3O2. The van der Waals surface area contributed by atoms with E-state index in [0.717, 1.165) is 35.6 Å². The molecule has 1 amide bonds. The second-order valence-electron chi connectivity index (χ2n) is 6.94. The van der Waals surface area contributed by atoms with E-state index in [0.29, 0.717) is 5.56 Å². The summed E-state index contributed by atoms with van der Waals surface area (Å²) in [5, 5.41) is 9.90. The Morgan fingerprint density at radius 1 is 1.33 bits per heavy atom. The van der Waals surface area contributed by atoms with Gasteiger partial charge in [0.1, 0.15) is 5.76 Å². The molecule has 0 saturated carbocycles. The number of amides is 1. The van der Waals surface area contributed by atoms with Crippen LogP contribution in [0.2, 0.25) is 0 Å². The average Bonchev–Trinajstić information content (AvgIpc) is 2.83. The zero-order chi connectivity index (χ0) is 19.6. The molecule has 0 saturated heterocycles. The van der Waals surface area contributed by atoms with Gasteiger partial charge in [-0.3, -0.25) is 4.79 Å². The maximum Gasteiger partial charge on any atom is 0.253 e. The Balaban J connectivity index is 2.02. The SMILES string of the molecule is CCN1C(c2ccc(C(=O)N(C)C)cc2)=C(C#N)C2C=CC(OC)=CCC21. The molecule has 5 heteroatoms. The number of rotatable bonds is 4. The quantitative estimate of drug-likeness (QED) is 0.822. The molecule has 27 heavy (non-hydrogen) atoms. The van der Waals surface area contributed by atoms with Crippen molar-refractivity contribution in [2.24, 2.45) is 5.92 Å². The Morgan fingerprint density at radius 3 is 2.59 bits per heavy atom. The third-order valence-electron chi connectivity index (χ3n) is 5.23. The fourth-order valence-corrected chi connectivity index (χ4v) is 3.89. The van der Waals surface area contributed by atoms with Gasteiger partial charge >= 0.3 is 0 Å². The minimum absolute atomic E-state index is 0.0277. The van der Waals surface area contributed by atoms with Gasteiger partial charge in [-0.25, -0.2) is 0 Å². The Morgan fingerprint density at radius 2 is 2.04 bits per heavy atom. The Hall–Kier alpha value is -3.00. The lowest BCUT2D eigenvalue weighted by atomic mass is 9.92. The van der Waals surface area contributed by atoms with Crippen LogP contribution in [0.4, 0.5) is 0 Å². The molecule has 0 radical (unpaired) electrons. The molecule has 0 aromatic heterocycles.